The number of rotatable bonds is 4. The number of nitrogen functional groups attached to an aromatic ring is 1. The van der Waals surface area contributed by atoms with Crippen molar-refractivity contribution in [3.63, 3.8) is 0 Å². The zero-order valence-electron chi connectivity index (χ0n) is 11.1. The fourth-order valence-corrected chi connectivity index (χ4v) is 2.98. The summed E-state index contributed by atoms with van der Waals surface area (Å²) in [6.45, 7) is 2.70. The van der Waals surface area contributed by atoms with Gasteiger partial charge in [0.2, 0.25) is 0 Å². The molecule has 100 valence electrons. The zero-order valence-corrected chi connectivity index (χ0v) is 11.1. The van der Waals surface area contributed by atoms with Crippen LogP contribution in [0.5, 0.6) is 0 Å². The van der Waals surface area contributed by atoms with Crippen LogP contribution in [-0.2, 0) is 0 Å². The third kappa shape index (κ3) is 1.91. The van der Waals surface area contributed by atoms with Crippen molar-refractivity contribution in [1.82, 2.24) is 4.90 Å². The van der Waals surface area contributed by atoms with E-state index < -0.39 is 0 Å². The van der Waals surface area contributed by atoms with Crippen LogP contribution in [0.15, 0.2) is 18.2 Å². The summed E-state index contributed by atoms with van der Waals surface area (Å²) in [5, 5.41) is 0. The fourth-order valence-electron chi connectivity index (χ4n) is 2.98. The third-order valence-electron chi connectivity index (χ3n) is 4.23. The van der Waals surface area contributed by atoms with E-state index in [0.717, 1.165) is 25.7 Å². The predicted molar refractivity (Wildman–Crippen MR) is 72.8 cm³/mol. The second-order valence-corrected chi connectivity index (χ2v) is 5.75. The summed E-state index contributed by atoms with van der Waals surface area (Å²) in [5.74, 6) is -0.350. The van der Waals surface area contributed by atoms with Crippen LogP contribution in [0.2, 0.25) is 0 Å². The van der Waals surface area contributed by atoms with E-state index in [9.17, 15) is 9.59 Å². The summed E-state index contributed by atoms with van der Waals surface area (Å²) in [6, 6.07) is 4.94. The lowest BCUT2D eigenvalue weighted by atomic mass is 10.00. The number of nitrogens with two attached hydrogens (primary N) is 1. The Morgan fingerprint density at radius 3 is 2.53 bits per heavy atom. The van der Waals surface area contributed by atoms with Crippen LogP contribution in [0, 0.1) is 5.41 Å². The van der Waals surface area contributed by atoms with E-state index in [1.165, 1.54) is 4.90 Å². The highest BCUT2D eigenvalue weighted by Gasteiger charge is 2.47. The standard InChI is InChI=1S/C15H18N2O2/c1-2-5-15(6-7-15)9-17-13(18)11-4-3-10(16)8-12(11)14(17)19/h3-4,8H,2,5-7,9,16H2,1H3. The van der Waals surface area contributed by atoms with Crippen LogP contribution in [0.1, 0.15) is 53.3 Å². The lowest BCUT2D eigenvalue weighted by Gasteiger charge is -2.21. The van der Waals surface area contributed by atoms with Gasteiger partial charge in [0, 0.05) is 12.2 Å². The summed E-state index contributed by atoms with van der Waals surface area (Å²) < 4.78 is 0. The maximum Gasteiger partial charge on any atom is 0.261 e. The van der Waals surface area contributed by atoms with E-state index in [1.54, 1.807) is 18.2 Å². The monoisotopic (exact) mass is 258 g/mol. The van der Waals surface area contributed by atoms with Gasteiger partial charge in [0.15, 0.2) is 0 Å². The minimum Gasteiger partial charge on any atom is -0.399 e. The molecule has 1 aliphatic heterocycles. The smallest absolute Gasteiger partial charge is 0.261 e. The lowest BCUT2D eigenvalue weighted by Crippen LogP contribution is -2.35. The molecule has 4 nitrogen and oxygen atoms in total. The average Bonchev–Trinajstić information content (AvgIpc) is 3.10. The van der Waals surface area contributed by atoms with Crippen LogP contribution in [0.25, 0.3) is 0 Å². The summed E-state index contributed by atoms with van der Waals surface area (Å²) in [7, 11) is 0. The van der Waals surface area contributed by atoms with Crippen molar-refractivity contribution in [2.24, 2.45) is 5.41 Å². The second-order valence-electron chi connectivity index (χ2n) is 5.75. The van der Waals surface area contributed by atoms with Crippen molar-refractivity contribution in [3.05, 3.63) is 29.3 Å². The molecule has 1 fully saturated rings. The highest BCUT2D eigenvalue weighted by molar-refractivity contribution is 6.21. The Morgan fingerprint density at radius 2 is 1.89 bits per heavy atom. The first kappa shape index (κ1) is 12.2. The number of anilines is 1. The van der Waals surface area contributed by atoms with Gasteiger partial charge >= 0.3 is 0 Å². The Hall–Kier alpha value is -1.84. The molecule has 4 heteroatoms. The number of fused-ring (bicyclic) bond motifs is 1. The Morgan fingerprint density at radius 1 is 1.21 bits per heavy atom. The molecule has 2 amide bonds. The van der Waals surface area contributed by atoms with Gasteiger partial charge in [-0.1, -0.05) is 13.3 Å². The Bertz CT molecular complexity index is 561. The molecule has 1 aliphatic carbocycles. The maximum atomic E-state index is 12.3. The highest BCUT2D eigenvalue weighted by atomic mass is 16.2. The van der Waals surface area contributed by atoms with Crippen molar-refractivity contribution in [3.8, 4) is 0 Å². The van der Waals surface area contributed by atoms with Gasteiger partial charge in [0.25, 0.3) is 11.8 Å². The summed E-state index contributed by atoms with van der Waals surface area (Å²) in [5.41, 5.74) is 7.35. The Kier molecular flexibility index (Phi) is 2.62. The quantitative estimate of drug-likeness (QED) is 0.666. The molecule has 0 bridgehead atoms. The molecule has 1 heterocycles. The van der Waals surface area contributed by atoms with Gasteiger partial charge in [-0.2, -0.15) is 0 Å². The fraction of sp³-hybridized carbons (Fsp3) is 0.467. The van der Waals surface area contributed by atoms with Gasteiger partial charge in [0.1, 0.15) is 0 Å². The van der Waals surface area contributed by atoms with E-state index >= 15 is 0 Å². The topological polar surface area (TPSA) is 63.4 Å². The first-order valence-electron chi connectivity index (χ1n) is 6.82. The van der Waals surface area contributed by atoms with Crippen LogP contribution < -0.4 is 5.73 Å². The van der Waals surface area contributed by atoms with Crippen LogP contribution in [0.4, 0.5) is 5.69 Å². The van der Waals surface area contributed by atoms with E-state index in [4.69, 9.17) is 5.73 Å². The minimum atomic E-state index is -0.185. The molecule has 2 N–H and O–H groups in total. The molecule has 0 saturated heterocycles. The van der Waals surface area contributed by atoms with E-state index in [2.05, 4.69) is 6.92 Å². The number of nitrogens with zero attached hydrogens (tertiary/aromatic N) is 1. The van der Waals surface area contributed by atoms with Crippen LogP contribution >= 0.6 is 0 Å². The van der Waals surface area contributed by atoms with Gasteiger partial charge in [-0.3, -0.25) is 14.5 Å². The van der Waals surface area contributed by atoms with Crippen molar-refractivity contribution >= 4 is 17.5 Å². The summed E-state index contributed by atoms with van der Waals surface area (Å²) in [4.78, 5) is 26.0. The second kappa shape index (κ2) is 4.08. The third-order valence-corrected chi connectivity index (χ3v) is 4.23. The van der Waals surface area contributed by atoms with Crippen molar-refractivity contribution in [2.45, 2.75) is 32.6 Å². The summed E-state index contributed by atoms with van der Waals surface area (Å²) in [6.07, 6.45) is 4.42. The molecule has 0 radical (unpaired) electrons. The van der Waals surface area contributed by atoms with Gasteiger partial charge in [0.05, 0.1) is 11.1 Å². The zero-order chi connectivity index (χ0) is 13.6. The van der Waals surface area contributed by atoms with Crippen molar-refractivity contribution < 1.29 is 9.59 Å². The molecule has 2 aliphatic rings. The molecule has 1 aromatic rings. The van der Waals surface area contributed by atoms with Gasteiger partial charge < -0.3 is 5.73 Å². The number of hydrogen-bond acceptors (Lipinski definition) is 3. The molecular weight excluding hydrogens is 240 g/mol. The van der Waals surface area contributed by atoms with Crippen molar-refractivity contribution in [2.75, 3.05) is 12.3 Å². The number of carbonyl (C=O) groups is 2. The minimum absolute atomic E-state index is 0.164. The molecule has 3 rings (SSSR count). The Labute approximate surface area is 112 Å². The molecule has 0 spiro atoms. The first-order valence-corrected chi connectivity index (χ1v) is 6.82. The molecule has 1 saturated carbocycles. The highest BCUT2D eigenvalue weighted by Crippen LogP contribution is 2.50. The van der Waals surface area contributed by atoms with E-state index in [1.807, 2.05) is 0 Å². The van der Waals surface area contributed by atoms with Gasteiger partial charge in [-0.15, -0.1) is 0 Å². The molecular formula is C15H18N2O2. The molecule has 0 aromatic heterocycles. The Balaban J connectivity index is 1.86. The van der Waals surface area contributed by atoms with Crippen LogP contribution in [-0.4, -0.2) is 23.3 Å². The molecule has 0 unspecified atom stereocenters. The number of amides is 2. The molecule has 0 atom stereocenters. The maximum absolute atomic E-state index is 12.3. The molecule has 19 heavy (non-hydrogen) atoms. The number of carbonyl (C=O) groups excluding carboxylic acids is 2. The van der Waals surface area contributed by atoms with Gasteiger partial charge in [-0.05, 0) is 42.9 Å². The molecule has 1 aromatic carbocycles. The van der Waals surface area contributed by atoms with E-state index in [-0.39, 0.29) is 17.2 Å². The average molecular weight is 258 g/mol. The normalized spacial score (nSPS) is 19.7. The lowest BCUT2D eigenvalue weighted by molar-refractivity contribution is 0.0616. The van der Waals surface area contributed by atoms with E-state index in [0.29, 0.717) is 23.4 Å². The summed E-state index contributed by atoms with van der Waals surface area (Å²) >= 11 is 0. The number of hydrogen-bond donors (Lipinski definition) is 1. The largest absolute Gasteiger partial charge is 0.399 e. The van der Waals surface area contributed by atoms with Crippen LogP contribution in [0.3, 0.4) is 0 Å². The van der Waals surface area contributed by atoms with Gasteiger partial charge in [-0.25, -0.2) is 0 Å². The number of imide groups is 1. The first-order chi connectivity index (χ1) is 9.06. The predicted octanol–water partition coefficient (Wildman–Crippen LogP) is 2.45. The van der Waals surface area contributed by atoms with Crippen molar-refractivity contribution in [1.29, 1.82) is 0 Å². The SMILES string of the molecule is CCCC1(CN2C(=O)c3ccc(N)cc3C2=O)CC1. The number of benzene rings is 1.